The molecule has 0 fully saturated rings. The fourth-order valence-electron chi connectivity index (χ4n) is 2.79. The Kier molecular flexibility index (Phi) is 5.73. The Morgan fingerprint density at radius 1 is 1.00 bits per heavy atom. The number of nitrogens with one attached hydrogen (secondary N) is 1. The molecule has 3 aromatic carbocycles. The summed E-state index contributed by atoms with van der Waals surface area (Å²) in [5, 5.41) is 13.7. The molecule has 0 aliphatic carbocycles. The first-order valence-corrected chi connectivity index (χ1v) is 10.5. The predicted octanol–water partition coefficient (Wildman–Crippen LogP) is 5.77. The average Bonchev–Trinajstić information content (AvgIpc) is 3.17. The van der Waals surface area contributed by atoms with Gasteiger partial charge >= 0.3 is 0 Å². The summed E-state index contributed by atoms with van der Waals surface area (Å²) in [6, 6.07) is 21.5. The summed E-state index contributed by atoms with van der Waals surface area (Å²) in [4.78, 5) is 12.3. The summed E-state index contributed by atoms with van der Waals surface area (Å²) in [6.45, 7) is 0. The van der Waals surface area contributed by atoms with Crippen molar-refractivity contribution < 1.29 is 9.21 Å². The Morgan fingerprint density at radius 2 is 1.79 bits per heavy atom. The first-order valence-electron chi connectivity index (χ1n) is 8.69. The second-order valence-electron chi connectivity index (χ2n) is 6.03. The average molecular weight is 454 g/mol. The van der Waals surface area contributed by atoms with E-state index in [9.17, 15) is 4.79 Å². The van der Waals surface area contributed by atoms with Gasteiger partial charge in [0.25, 0.3) is 5.22 Å². The van der Waals surface area contributed by atoms with Gasteiger partial charge < -0.3 is 9.73 Å². The molecule has 0 saturated carbocycles. The maximum Gasteiger partial charge on any atom is 0.276 e. The number of nitrogens with zero attached hydrogens (tertiary/aromatic N) is 2. The SMILES string of the molecule is O=C(CCSc1nnc(-c2ccccc2Br)o1)Nc1cccc2ccccc12. The molecule has 5 nitrogen and oxygen atoms in total. The van der Waals surface area contributed by atoms with Gasteiger partial charge in [-0.05, 0) is 39.5 Å². The van der Waals surface area contributed by atoms with E-state index in [0.29, 0.717) is 23.3 Å². The zero-order valence-corrected chi connectivity index (χ0v) is 17.2. The molecule has 1 heterocycles. The van der Waals surface area contributed by atoms with Crippen LogP contribution in [0.15, 0.2) is 80.8 Å². The van der Waals surface area contributed by atoms with Crippen molar-refractivity contribution in [3.05, 3.63) is 71.2 Å². The van der Waals surface area contributed by atoms with E-state index in [1.807, 2.05) is 66.7 Å². The number of amides is 1. The normalized spacial score (nSPS) is 10.9. The van der Waals surface area contributed by atoms with Crippen LogP contribution in [0.4, 0.5) is 5.69 Å². The van der Waals surface area contributed by atoms with E-state index in [2.05, 4.69) is 31.4 Å². The zero-order valence-electron chi connectivity index (χ0n) is 14.8. The number of carbonyl (C=O) groups is 1. The molecule has 0 bridgehead atoms. The molecule has 28 heavy (non-hydrogen) atoms. The van der Waals surface area contributed by atoms with Gasteiger partial charge in [0.05, 0.1) is 5.56 Å². The van der Waals surface area contributed by atoms with Crippen LogP contribution in [0.2, 0.25) is 0 Å². The van der Waals surface area contributed by atoms with Crippen molar-refractivity contribution in [2.75, 3.05) is 11.1 Å². The molecule has 0 spiro atoms. The first-order chi connectivity index (χ1) is 13.7. The number of thioether (sulfide) groups is 1. The quantitative estimate of drug-likeness (QED) is 0.375. The number of anilines is 1. The number of benzene rings is 3. The second-order valence-corrected chi connectivity index (χ2v) is 7.93. The standard InChI is InChI=1S/C21H16BrN3O2S/c22-17-10-4-3-9-16(17)20-24-25-21(27-20)28-13-12-19(26)23-18-11-5-7-14-6-1-2-8-15(14)18/h1-11H,12-13H2,(H,23,26). The number of fused-ring (bicyclic) bond motifs is 1. The van der Waals surface area contributed by atoms with Crippen LogP contribution in [0, 0.1) is 0 Å². The molecule has 0 radical (unpaired) electrons. The lowest BCUT2D eigenvalue weighted by molar-refractivity contribution is -0.115. The van der Waals surface area contributed by atoms with Crippen molar-refractivity contribution in [3.63, 3.8) is 0 Å². The largest absolute Gasteiger partial charge is 0.411 e. The summed E-state index contributed by atoms with van der Waals surface area (Å²) < 4.78 is 6.58. The minimum Gasteiger partial charge on any atom is -0.411 e. The first kappa shape index (κ1) is 18.7. The van der Waals surface area contributed by atoms with Gasteiger partial charge in [0.1, 0.15) is 0 Å². The number of hydrogen-bond donors (Lipinski definition) is 1. The maximum absolute atomic E-state index is 12.3. The molecule has 0 saturated heterocycles. The Morgan fingerprint density at radius 3 is 2.68 bits per heavy atom. The Labute approximate surface area is 174 Å². The molecule has 0 atom stereocenters. The van der Waals surface area contributed by atoms with Crippen LogP contribution in [0.3, 0.4) is 0 Å². The van der Waals surface area contributed by atoms with Gasteiger partial charge in [-0.3, -0.25) is 4.79 Å². The summed E-state index contributed by atoms with van der Waals surface area (Å²) >= 11 is 4.84. The van der Waals surface area contributed by atoms with Gasteiger partial charge in [-0.15, -0.1) is 10.2 Å². The van der Waals surface area contributed by atoms with E-state index < -0.39 is 0 Å². The highest BCUT2D eigenvalue weighted by molar-refractivity contribution is 9.10. The van der Waals surface area contributed by atoms with E-state index >= 15 is 0 Å². The fourth-order valence-corrected chi connectivity index (χ4v) is 3.94. The van der Waals surface area contributed by atoms with Crippen LogP contribution in [-0.4, -0.2) is 21.9 Å². The number of aromatic nitrogens is 2. The van der Waals surface area contributed by atoms with E-state index in [-0.39, 0.29) is 5.91 Å². The molecule has 1 aromatic heterocycles. The van der Waals surface area contributed by atoms with Crippen molar-refractivity contribution in [1.29, 1.82) is 0 Å². The van der Waals surface area contributed by atoms with Crippen molar-refractivity contribution in [3.8, 4) is 11.5 Å². The molecule has 1 amide bonds. The molecule has 0 aliphatic rings. The monoisotopic (exact) mass is 453 g/mol. The van der Waals surface area contributed by atoms with Gasteiger partial charge in [0, 0.05) is 27.7 Å². The van der Waals surface area contributed by atoms with Crippen molar-refractivity contribution in [2.24, 2.45) is 0 Å². The molecule has 0 aliphatic heterocycles. The molecule has 140 valence electrons. The van der Waals surface area contributed by atoms with E-state index in [1.165, 1.54) is 11.8 Å². The summed E-state index contributed by atoms with van der Waals surface area (Å²) in [7, 11) is 0. The van der Waals surface area contributed by atoms with Gasteiger partial charge in [-0.2, -0.15) is 0 Å². The molecule has 4 aromatic rings. The lowest BCUT2D eigenvalue weighted by Crippen LogP contribution is -2.12. The number of carbonyl (C=O) groups excluding carboxylic acids is 1. The molecular weight excluding hydrogens is 438 g/mol. The number of rotatable bonds is 6. The summed E-state index contributed by atoms with van der Waals surface area (Å²) in [5.74, 6) is 0.957. The third-order valence-corrected chi connectivity index (χ3v) is 5.64. The summed E-state index contributed by atoms with van der Waals surface area (Å²) in [6.07, 6.45) is 0.348. The lowest BCUT2D eigenvalue weighted by atomic mass is 10.1. The number of hydrogen-bond acceptors (Lipinski definition) is 5. The van der Waals surface area contributed by atoms with Crippen molar-refractivity contribution >= 4 is 50.1 Å². The Bertz CT molecular complexity index is 1120. The highest BCUT2D eigenvalue weighted by Gasteiger charge is 2.12. The zero-order chi connectivity index (χ0) is 19.3. The smallest absolute Gasteiger partial charge is 0.276 e. The van der Waals surface area contributed by atoms with E-state index in [1.54, 1.807) is 0 Å². The topological polar surface area (TPSA) is 68.0 Å². The van der Waals surface area contributed by atoms with Gasteiger partial charge in [0.2, 0.25) is 11.8 Å². The van der Waals surface area contributed by atoms with Gasteiger partial charge in [-0.1, -0.05) is 60.3 Å². The minimum atomic E-state index is -0.0469. The second kappa shape index (κ2) is 8.58. The summed E-state index contributed by atoms with van der Waals surface area (Å²) in [5.41, 5.74) is 1.66. The molecule has 1 N–H and O–H groups in total. The van der Waals surface area contributed by atoms with Gasteiger partial charge in [0.15, 0.2) is 0 Å². The Balaban J connectivity index is 1.34. The molecule has 0 unspecified atom stereocenters. The van der Waals surface area contributed by atoms with E-state index in [4.69, 9.17) is 4.42 Å². The predicted molar refractivity (Wildman–Crippen MR) is 115 cm³/mol. The van der Waals surface area contributed by atoms with Crippen LogP contribution in [0.25, 0.3) is 22.2 Å². The van der Waals surface area contributed by atoms with Crippen LogP contribution >= 0.6 is 27.7 Å². The Hall–Kier alpha value is -2.64. The fraction of sp³-hybridized carbons (Fsp3) is 0.0952. The maximum atomic E-state index is 12.3. The molecule has 7 heteroatoms. The lowest BCUT2D eigenvalue weighted by Gasteiger charge is -2.08. The van der Waals surface area contributed by atoms with Gasteiger partial charge in [-0.25, -0.2) is 0 Å². The highest BCUT2D eigenvalue weighted by atomic mass is 79.9. The minimum absolute atomic E-state index is 0.0469. The van der Waals surface area contributed by atoms with Crippen molar-refractivity contribution in [1.82, 2.24) is 10.2 Å². The van der Waals surface area contributed by atoms with Crippen LogP contribution < -0.4 is 5.32 Å². The van der Waals surface area contributed by atoms with Crippen LogP contribution in [0.1, 0.15) is 6.42 Å². The van der Waals surface area contributed by atoms with Crippen LogP contribution in [-0.2, 0) is 4.79 Å². The van der Waals surface area contributed by atoms with Crippen molar-refractivity contribution in [2.45, 2.75) is 11.6 Å². The third-order valence-electron chi connectivity index (χ3n) is 4.13. The van der Waals surface area contributed by atoms with Crippen LogP contribution in [0.5, 0.6) is 0 Å². The van der Waals surface area contributed by atoms with E-state index in [0.717, 1.165) is 26.5 Å². The molecular formula is C21H16BrN3O2S. The third kappa shape index (κ3) is 4.26. The molecule has 4 rings (SSSR count). The number of halogens is 1. The highest BCUT2D eigenvalue weighted by Crippen LogP contribution is 2.29.